The minimum absolute atomic E-state index is 0.0150. The maximum Gasteiger partial charge on any atom is 0.0829 e. The van der Waals surface area contributed by atoms with E-state index in [-0.39, 0.29) is 6.04 Å². The zero-order valence-corrected chi connectivity index (χ0v) is 15.1. The van der Waals surface area contributed by atoms with Gasteiger partial charge in [-0.15, -0.1) is 5.10 Å². The van der Waals surface area contributed by atoms with Crippen LogP contribution in [0.2, 0.25) is 0 Å². The Kier molecular flexibility index (Phi) is 5.48. The molecule has 2 rings (SSSR count). The van der Waals surface area contributed by atoms with Gasteiger partial charge in [0.2, 0.25) is 0 Å². The Balaban J connectivity index is 2.31. The van der Waals surface area contributed by atoms with Gasteiger partial charge in [-0.2, -0.15) is 5.10 Å². The Morgan fingerprint density at radius 3 is 2.67 bits per heavy atom. The third-order valence-corrected chi connectivity index (χ3v) is 5.27. The molecule has 3 N–H and O–H groups in total. The molecule has 2 aromatic rings. The van der Waals surface area contributed by atoms with Gasteiger partial charge >= 0.3 is 0 Å². The van der Waals surface area contributed by atoms with Crippen molar-refractivity contribution in [2.75, 3.05) is 0 Å². The number of rotatable bonds is 6. The second-order valence-corrected chi connectivity index (χ2v) is 6.86. The molecule has 6 nitrogen and oxygen atoms in total. The van der Waals surface area contributed by atoms with Crippen molar-refractivity contribution in [2.24, 2.45) is 12.9 Å². The molecule has 2 aromatic heterocycles. The summed E-state index contributed by atoms with van der Waals surface area (Å²) in [6.45, 7) is 6.32. The summed E-state index contributed by atoms with van der Waals surface area (Å²) in [5, 5.41) is 8.76. The average molecular weight is 373 g/mol. The van der Waals surface area contributed by atoms with E-state index in [1.807, 2.05) is 11.7 Å². The summed E-state index contributed by atoms with van der Waals surface area (Å²) in [4.78, 5) is 1.10. The van der Waals surface area contributed by atoms with Crippen molar-refractivity contribution in [1.82, 2.24) is 24.8 Å². The Morgan fingerprint density at radius 1 is 1.43 bits per heavy atom. The molecule has 21 heavy (non-hydrogen) atoms. The summed E-state index contributed by atoms with van der Waals surface area (Å²) >= 11 is 5.06. The fraction of sp³-hybridized carbons (Fsp3) is 0.615. The van der Waals surface area contributed by atoms with Crippen molar-refractivity contribution >= 4 is 27.5 Å². The number of halogens is 1. The minimum Gasteiger partial charge on any atom is -0.271 e. The molecule has 0 saturated carbocycles. The van der Waals surface area contributed by atoms with E-state index in [0.717, 1.165) is 39.3 Å². The highest BCUT2D eigenvalue weighted by Gasteiger charge is 2.23. The molecule has 0 aromatic carbocycles. The number of hydrogen-bond acceptors (Lipinski definition) is 6. The van der Waals surface area contributed by atoms with Crippen LogP contribution in [0.3, 0.4) is 0 Å². The summed E-state index contributed by atoms with van der Waals surface area (Å²) in [6.07, 6.45) is 1.64. The SMILES string of the molecule is CCc1nn(C)c(CC(NN)c2snnc2C(C)C)c1Br. The van der Waals surface area contributed by atoms with E-state index in [4.69, 9.17) is 5.84 Å². The van der Waals surface area contributed by atoms with Crippen LogP contribution in [0.25, 0.3) is 0 Å². The second-order valence-electron chi connectivity index (χ2n) is 5.29. The Hall–Kier alpha value is -0.830. The van der Waals surface area contributed by atoms with E-state index < -0.39 is 0 Å². The summed E-state index contributed by atoms with van der Waals surface area (Å²) in [5.74, 6) is 6.11. The summed E-state index contributed by atoms with van der Waals surface area (Å²) in [5.41, 5.74) is 6.10. The zero-order chi connectivity index (χ0) is 15.6. The molecule has 116 valence electrons. The third kappa shape index (κ3) is 3.33. The van der Waals surface area contributed by atoms with Crippen molar-refractivity contribution < 1.29 is 0 Å². The first kappa shape index (κ1) is 16.5. The standard InChI is InChI=1S/C13H21BrN6S/c1-5-8-11(14)10(20(4)18-8)6-9(16-15)13-12(7(2)3)17-19-21-13/h7,9,16H,5-6,15H2,1-4H3. The highest BCUT2D eigenvalue weighted by molar-refractivity contribution is 9.10. The highest BCUT2D eigenvalue weighted by Crippen LogP contribution is 2.31. The minimum atomic E-state index is -0.0150. The maximum atomic E-state index is 5.78. The fourth-order valence-electron chi connectivity index (χ4n) is 2.31. The fourth-order valence-corrected chi connectivity index (χ4v) is 3.95. The van der Waals surface area contributed by atoms with Crippen LogP contribution in [0.4, 0.5) is 0 Å². The molecule has 8 heteroatoms. The van der Waals surface area contributed by atoms with Gasteiger partial charge in [0.15, 0.2) is 0 Å². The van der Waals surface area contributed by atoms with Crippen LogP contribution < -0.4 is 11.3 Å². The number of hydrazine groups is 1. The highest BCUT2D eigenvalue weighted by atomic mass is 79.9. The van der Waals surface area contributed by atoms with E-state index in [1.165, 1.54) is 11.5 Å². The van der Waals surface area contributed by atoms with E-state index in [9.17, 15) is 0 Å². The van der Waals surface area contributed by atoms with E-state index >= 15 is 0 Å². The number of nitrogens with zero attached hydrogens (tertiary/aromatic N) is 4. The molecule has 1 atom stereocenters. The quantitative estimate of drug-likeness (QED) is 0.601. The first-order valence-corrected chi connectivity index (χ1v) is 8.54. The smallest absolute Gasteiger partial charge is 0.0829 e. The first-order chi connectivity index (χ1) is 9.99. The molecular weight excluding hydrogens is 352 g/mol. The van der Waals surface area contributed by atoms with Crippen molar-refractivity contribution in [2.45, 2.75) is 45.6 Å². The maximum absolute atomic E-state index is 5.78. The monoisotopic (exact) mass is 372 g/mol. The average Bonchev–Trinajstić information content (AvgIpc) is 3.03. The lowest BCUT2D eigenvalue weighted by Crippen LogP contribution is -2.30. The van der Waals surface area contributed by atoms with Crippen molar-refractivity contribution in [3.63, 3.8) is 0 Å². The first-order valence-electron chi connectivity index (χ1n) is 6.98. The van der Waals surface area contributed by atoms with Crippen LogP contribution in [-0.2, 0) is 19.9 Å². The number of aryl methyl sites for hydroxylation is 2. The molecule has 0 radical (unpaired) electrons. The van der Waals surface area contributed by atoms with Crippen LogP contribution >= 0.6 is 27.5 Å². The molecule has 0 fully saturated rings. The molecule has 0 spiro atoms. The molecule has 0 bridgehead atoms. The molecule has 0 aliphatic heterocycles. The number of aromatic nitrogens is 4. The molecule has 0 saturated heterocycles. The van der Waals surface area contributed by atoms with Crippen LogP contribution in [0.1, 0.15) is 54.7 Å². The Labute approximate surface area is 137 Å². The van der Waals surface area contributed by atoms with Crippen molar-refractivity contribution in [3.05, 3.63) is 26.4 Å². The molecular formula is C13H21BrN6S. The van der Waals surface area contributed by atoms with Crippen LogP contribution in [-0.4, -0.2) is 19.4 Å². The Morgan fingerprint density at radius 2 is 2.14 bits per heavy atom. The van der Waals surface area contributed by atoms with Gasteiger partial charge in [-0.25, -0.2) is 0 Å². The number of nitrogens with two attached hydrogens (primary N) is 1. The second kappa shape index (κ2) is 6.95. The lowest BCUT2D eigenvalue weighted by molar-refractivity contribution is 0.529. The van der Waals surface area contributed by atoms with Gasteiger partial charge in [-0.1, -0.05) is 25.3 Å². The largest absolute Gasteiger partial charge is 0.271 e. The lowest BCUT2D eigenvalue weighted by atomic mass is 10.0. The Bertz CT molecular complexity index is 606. The summed E-state index contributed by atoms with van der Waals surface area (Å²) < 4.78 is 7.06. The lowest BCUT2D eigenvalue weighted by Gasteiger charge is -2.16. The van der Waals surface area contributed by atoms with Gasteiger partial charge < -0.3 is 0 Å². The predicted octanol–water partition coefficient (Wildman–Crippen LogP) is 2.47. The predicted molar refractivity (Wildman–Crippen MR) is 88.1 cm³/mol. The van der Waals surface area contributed by atoms with Crippen molar-refractivity contribution in [1.29, 1.82) is 0 Å². The van der Waals surface area contributed by atoms with Crippen molar-refractivity contribution in [3.8, 4) is 0 Å². The normalized spacial score (nSPS) is 13.1. The molecule has 0 aliphatic carbocycles. The van der Waals surface area contributed by atoms with Gasteiger partial charge in [0.05, 0.1) is 32.5 Å². The van der Waals surface area contributed by atoms with E-state index in [2.05, 4.69) is 56.8 Å². The van der Waals surface area contributed by atoms with E-state index in [1.54, 1.807) is 0 Å². The van der Waals surface area contributed by atoms with Gasteiger partial charge in [-0.3, -0.25) is 16.0 Å². The van der Waals surface area contributed by atoms with Crippen LogP contribution in [0.5, 0.6) is 0 Å². The van der Waals surface area contributed by atoms with Gasteiger partial charge in [0.1, 0.15) is 0 Å². The van der Waals surface area contributed by atoms with E-state index in [0.29, 0.717) is 5.92 Å². The number of nitrogens with one attached hydrogen (secondary N) is 1. The van der Waals surface area contributed by atoms with Crippen LogP contribution in [0.15, 0.2) is 4.47 Å². The molecule has 1 unspecified atom stereocenters. The summed E-state index contributed by atoms with van der Waals surface area (Å²) in [6, 6.07) is -0.0150. The third-order valence-electron chi connectivity index (χ3n) is 3.51. The molecule has 0 aliphatic rings. The van der Waals surface area contributed by atoms with Gasteiger partial charge in [0, 0.05) is 13.5 Å². The summed E-state index contributed by atoms with van der Waals surface area (Å²) in [7, 11) is 1.96. The van der Waals surface area contributed by atoms with Gasteiger partial charge in [-0.05, 0) is 39.8 Å². The zero-order valence-electron chi connectivity index (χ0n) is 12.7. The van der Waals surface area contributed by atoms with Crippen LogP contribution in [0, 0.1) is 0 Å². The molecule has 0 amide bonds. The number of hydrogen-bond donors (Lipinski definition) is 2. The topological polar surface area (TPSA) is 81.7 Å². The molecule has 2 heterocycles. The van der Waals surface area contributed by atoms with Gasteiger partial charge in [0.25, 0.3) is 0 Å².